The number of nitrogens with one attached hydrogen (secondary N) is 1. The van der Waals surface area contributed by atoms with E-state index in [0.29, 0.717) is 25.3 Å². The van der Waals surface area contributed by atoms with Gasteiger partial charge in [0, 0.05) is 18.0 Å². The predicted molar refractivity (Wildman–Crippen MR) is 89.1 cm³/mol. The van der Waals surface area contributed by atoms with Crippen molar-refractivity contribution in [2.45, 2.75) is 22.4 Å². The van der Waals surface area contributed by atoms with Gasteiger partial charge in [0.2, 0.25) is 0 Å². The fraction of sp³-hybridized carbons (Fsp3) is 0.333. The molecule has 134 valence electrons. The van der Waals surface area contributed by atoms with Crippen LogP contribution in [0.2, 0.25) is 0 Å². The Hall–Kier alpha value is -1.57. The van der Waals surface area contributed by atoms with Crippen LogP contribution in [0.25, 0.3) is 0 Å². The minimum absolute atomic E-state index is 0.110. The van der Waals surface area contributed by atoms with E-state index in [2.05, 4.69) is 5.32 Å². The Morgan fingerprint density at radius 3 is 2.60 bits per heavy atom. The van der Waals surface area contributed by atoms with Crippen LogP contribution >= 0.6 is 11.8 Å². The molecule has 1 aliphatic heterocycles. The van der Waals surface area contributed by atoms with Crippen LogP contribution in [-0.2, 0) is 10.9 Å². The van der Waals surface area contributed by atoms with Crippen molar-refractivity contribution in [2.75, 3.05) is 19.7 Å². The summed E-state index contributed by atoms with van der Waals surface area (Å²) in [5, 5.41) is 2.72. The number of ether oxygens (including phenoxy) is 1. The second kappa shape index (κ2) is 7.76. The van der Waals surface area contributed by atoms with E-state index >= 15 is 0 Å². The van der Waals surface area contributed by atoms with Crippen LogP contribution in [0, 0.1) is 5.82 Å². The Bertz CT molecular complexity index is 716. The molecule has 2 aromatic rings. The Balaban J connectivity index is 1.96. The Morgan fingerprint density at radius 2 is 1.92 bits per heavy atom. The number of rotatable bonds is 4. The molecule has 0 bridgehead atoms. The zero-order chi connectivity index (χ0) is 17.9. The van der Waals surface area contributed by atoms with Gasteiger partial charge in [-0.25, -0.2) is 4.39 Å². The van der Waals surface area contributed by atoms with Gasteiger partial charge in [-0.3, -0.25) is 0 Å². The third-order valence-corrected chi connectivity index (χ3v) is 5.36. The molecule has 7 heteroatoms. The van der Waals surface area contributed by atoms with Crippen LogP contribution in [0.4, 0.5) is 17.6 Å². The van der Waals surface area contributed by atoms with E-state index in [0.717, 1.165) is 17.8 Å². The maximum absolute atomic E-state index is 13.7. The number of hydrogen-bond acceptors (Lipinski definition) is 3. The molecule has 3 rings (SSSR count). The topological polar surface area (TPSA) is 21.3 Å². The fourth-order valence-electron chi connectivity index (χ4n) is 2.76. The monoisotopic (exact) mass is 371 g/mol. The molecule has 2 aromatic carbocycles. The summed E-state index contributed by atoms with van der Waals surface area (Å²) in [5.74, 6) is -0.420. The van der Waals surface area contributed by atoms with Gasteiger partial charge in [0.1, 0.15) is 5.82 Å². The lowest BCUT2D eigenvalue weighted by Crippen LogP contribution is -2.41. The highest BCUT2D eigenvalue weighted by Crippen LogP contribution is 2.44. The molecule has 1 saturated heterocycles. The summed E-state index contributed by atoms with van der Waals surface area (Å²) < 4.78 is 59.3. The fourth-order valence-corrected chi connectivity index (χ4v) is 4.11. The van der Waals surface area contributed by atoms with E-state index in [4.69, 9.17) is 4.74 Å². The van der Waals surface area contributed by atoms with Gasteiger partial charge >= 0.3 is 6.18 Å². The van der Waals surface area contributed by atoms with Crippen molar-refractivity contribution in [1.29, 1.82) is 0 Å². The highest BCUT2D eigenvalue weighted by atomic mass is 32.2. The molecule has 1 aliphatic rings. The zero-order valence-electron chi connectivity index (χ0n) is 13.2. The molecule has 2 unspecified atom stereocenters. The number of benzene rings is 2. The van der Waals surface area contributed by atoms with Gasteiger partial charge in [0.25, 0.3) is 0 Å². The summed E-state index contributed by atoms with van der Waals surface area (Å²) >= 11 is 1.06. The van der Waals surface area contributed by atoms with Gasteiger partial charge in [-0.15, -0.1) is 11.8 Å². The lowest BCUT2D eigenvalue weighted by molar-refractivity contribution is -0.139. The number of morpholine rings is 1. The van der Waals surface area contributed by atoms with Crippen LogP contribution in [-0.4, -0.2) is 25.8 Å². The van der Waals surface area contributed by atoms with Crippen molar-refractivity contribution < 1.29 is 22.3 Å². The van der Waals surface area contributed by atoms with Crippen LogP contribution < -0.4 is 5.32 Å². The summed E-state index contributed by atoms with van der Waals surface area (Å²) in [5.41, 5.74) is -0.0825. The highest BCUT2D eigenvalue weighted by molar-refractivity contribution is 7.99. The molecule has 1 N–H and O–H groups in total. The third-order valence-electron chi connectivity index (χ3n) is 3.92. The first kappa shape index (κ1) is 18.2. The first-order chi connectivity index (χ1) is 11.9. The number of halogens is 4. The lowest BCUT2D eigenvalue weighted by Gasteiger charge is -2.31. The van der Waals surface area contributed by atoms with E-state index in [1.54, 1.807) is 18.2 Å². The Morgan fingerprint density at radius 1 is 1.12 bits per heavy atom. The molecule has 1 fully saturated rings. The molecule has 0 radical (unpaired) electrons. The molecule has 0 spiro atoms. The van der Waals surface area contributed by atoms with Crippen LogP contribution in [0.15, 0.2) is 53.4 Å². The third kappa shape index (κ3) is 4.54. The van der Waals surface area contributed by atoms with Gasteiger partial charge < -0.3 is 10.1 Å². The van der Waals surface area contributed by atoms with E-state index in [9.17, 15) is 17.6 Å². The molecule has 0 aliphatic carbocycles. The highest BCUT2D eigenvalue weighted by Gasteiger charge is 2.35. The van der Waals surface area contributed by atoms with Gasteiger partial charge in [-0.1, -0.05) is 24.3 Å². The quantitative estimate of drug-likeness (QED) is 0.624. The summed E-state index contributed by atoms with van der Waals surface area (Å²) in [6.07, 6.45) is -4.79. The van der Waals surface area contributed by atoms with Crippen molar-refractivity contribution in [1.82, 2.24) is 5.32 Å². The number of alkyl halides is 3. The maximum Gasteiger partial charge on any atom is 0.417 e. The van der Waals surface area contributed by atoms with Crippen molar-refractivity contribution in [3.63, 3.8) is 0 Å². The average Bonchev–Trinajstić information content (AvgIpc) is 2.60. The molecule has 0 amide bonds. The molecular formula is C18H17F4NOS. The second-order valence-corrected chi connectivity index (χ2v) is 6.88. The number of hydrogen-bond donors (Lipinski definition) is 1. The van der Waals surface area contributed by atoms with Crippen molar-refractivity contribution >= 4 is 11.8 Å². The van der Waals surface area contributed by atoms with Crippen molar-refractivity contribution in [3.05, 3.63) is 65.5 Å². The predicted octanol–water partition coefficient (Wildman–Crippen LogP) is 4.67. The molecule has 0 aromatic heterocycles. The first-order valence-corrected chi connectivity index (χ1v) is 8.74. The van der Waals surface area contributed by atoms with Gasteiger partial charge in [-0.2, -0.15) is 13.2 Å². The molecule has 25 heavy (non-hydrogen) atoms. The summed E-state index contributed by atoms with van der Waals surface area (Å²) in [6.45, 7) is 1.66. The van der Waals surface area contributed by atoms with Crippen LogP contribution in [0.3, 0.4) is 0 Å². The van der Waals surface area contributed by atoms with Crippen molar-refractivity contribution in [2.24, 2.45) is 0 Å². The average molecular weight is 371 g/mol. The number of thioether (sulfide) groups is 1. The molecule has 1 heterocycles. The summed E-state index contributed by atoms with van der Waals surface area (Å²) in [6, 6.07) is 11.4. The molecular weight excluding hydrogens is 354 g/mol. The van der Waals surface area contributed by atoms with E-state index in [1.807, 2.05) is 0 Å². The summed E-state index contributed by atoms with van der Waals surface area (Å²) in [7, 11) is 0. The van der Waals surface area contributed by atoms with Gasteiger partial charge in [0.05, 0.1) is 23.5 Å². The maximum atomic E-state index is 13.7. The second-order valence-electron chi connectivity index (χ2n) is 5.70. The normalized spacial score (nSPS) is 19.6. The van der Waals surface area contributed by atoms with E-state index in [-0.39, 0.29) is 11.0 Å². The minimum Gasteiger partial charge on any atom is -0.374 e. The van der Waals surface area contributed by atoms with Crippen LogP contribution in [0.5, 0.6) is 0 Å². The largest absolute Gasteiger partial charge is 0.417 e. The SMILES string of the molecule is Fc1cccc(C(Sc2ccccc2C(F)(F)F)C2CNCCO2)c1. The standard InChI is InChI=1S/C18H17F4NOS/c19-13-5-3-4-12(10-13)17(15-11-23-8-9-24-15)25-16-7-2-1-6-14(16)18(20,21)22/h1-7,10,15,17,23H,8-9,11H2. The first-order valence-electron chi connectivity index (χ1n) is 7.86. The molecule has 0 saturated carbocycles. The van der Waals surface area contributed by atoms with Gasteiger partial charge in [0.15, 0.2) is 0 Å². The van der Waals surface area contributed by atoms with E-state index in [1.165, 1.54) is 24.3 Å². The molecule has 2 atom stereocenters. The lowest BCUT2D eigenvalue weighted by atomic mass is 10.1. The molecule has 2 nitrogen and oxygen atoms in total. The Labute approximate surface area is 147 Å². The van der Waals surface area contributed by atoms with Crippen LogP contribution in [0.1, 0.15) is 16.4 Å². The Kier molecular flexibility index (Phi) is 5.66. The van der Waals surface area contributed by atoms with Crippen molar-refractivity contribution in [3.8, 4) is 0 Å². The smallest absolute Gasteiger partial charge is 0.374 e. The van der Waals surface area contributed by atoms with Gasteiger partial charge in [-0.05, 0) is 29.8 Å². The minimum atomic E-state index is -4.44. The van der Waals surface area contributed by atoms with E-state index < -0.39 is 22.8 Å². The summed E-state index contributed by atoms with van der Waals surface area (Å²) in [4.78, 5) is 0.110. The zero-order valence-corrected chi connectivity index (χ0v) is 14.0.